The van der Waals surface area contributed by atoms with Gasteiger partial charge in [-0.2, -0.15) is 0 Å². The molecule has 0 amide bonds. The summed E-state index contributed by atoms with van der Waals surface area (Å²) in [5.41, 5.74) is 0. The van der Waals surface area contributed by atoms with Crippen LogP contribution in [0.5, 0.6) is 0 Å². The van der Waals surface area contributed by atoms with Crippen molar-refractivity contribution in [2.45, 2.75) is 0 Å². The molecule has 0 saturated heterocycles. The van der Waals surface area contributed by atoms with Gasteiger partial charge in [-0.3, -0.25) is 0 Å². The minimum atomic E-state index is -4.20. The maximum atomic E-state index is 8.60. The zero-order valence-electron chi connectivity index (χ0n) is 5.37. The molecule has 0 aromatic carbocycles. The van der Waals surface area contributed by atoms with E-state index in [0.29, 0.717) is 0 Å². The summed E-state index contributed by atoms with van der Waals surface area (Å²) in [5.74, 6) is 0. The summed E-state index contributed by atoms with van der Waals surface area (Å²) >= 11 is -12.6. The fraction of sp³-hybridized carbons (Fsp3) is 0. The first kappa shape index (κ1) is 24.5. The molecule has 0 unspecified atom stereocenters. The molecule has 1 radical (unpaired) electrons. The van der Waals surface area contributed by atoms with Gasteiger partial charge in [0.25, 0.3) is 0 Å². The summed E-state index contributed by atoms with van der Waals surface area (Å²) in [6.07, 6.45) is 0. The van der Waals surface area contributed by atoms with Crippen LogP contribution in [0.2, 0.25) is 0 Å². The average Bonchev–Trinajstić information content (AvgIpc) is 1.54. The fourth-order valence-electron chi connectivity index (χ4n) is 0. The van der Waals surface area contributed by atoms with Gasteiger partial charge < -0.3 is 0 Å². The predicted octanol–water partition coefficient (Wildman–Crippen LogP) is -4.29. The first-order chi connectivity index (χ1) is 5.20. The number of hydrogen-bond acceptors (Lipinski definition) is 9. The molecule has 77 valence electrons. The first-order valence-electron chi connectivity index (χ1n) is 1.64. The van der Waals surface area contributed by atoms with Crippen molar-refractivity contribution in [2.75, 3.05) is 0 Å². The Hall–Kier alpha value is 2.23. The summed E-state index contributed by atoms with van der Waals surface area (Å²) in [7, 11) is 0. The third kappa shape index (κ3) is 429. The van der Waals surface area contributed by atoms with Crippen molar-refractivity contribution < 1.29 is 127 Å². The Balaban J connectivity index is -0.0000000450. The molecule has 0 aliphatic carbocycles. The number of hydrogen-bond donors (Lipinski definition) is 0. The van der Waals surface area contributed by atoms with E-state index in [4.69, 9.17) is 30.3 Å². The van der Waals surface area contributed by atoms with Crippen molar-refractivity contribution >= 4 is 0 Å². The summed E-state index contributed by atoms with van der Waals surface area (Å²) in [4.78, 5) is 0. The average molecular weight is 580 g/mol. The van der Waals surface area contributed by atoms with Crippen LogP contribution in [0.3, 0.4) is 0 Å². The predicted molar refractivity (Wildman–Crippen MR) is 4.12 cm³/mol. The van der Waals surface area contributed by atoms with Gasteiger partial charge in [-0.05, 0) is 0 Å². The molecule has 0 fully saturated rings. The molecule has 13 heteroatoms. The Morgan fingerprint density at radius 1 is 0.538 bits per heavy atom. The Kier molecular flexibility index (Phi) is 37.1. The SMILES string of the molecule is [Gd+3].[O]=[Nb](=[O])[O-].[O]=[Nb](=[O])[O-].[O]=[Nb](=[O])[O-]. The van der Waals surface area contributed by atoms with Crippen LogP contribution in [0.4, 0.5) is 0 Å². The van der Waals surface area contributed by atoms with Crippen LogP contribution in [0.25, 0.3) is 0 Å². The molecule has 0 N–H and O–H groups in total. The van der Waals surface area contributed by atoms with Gasteiger partial charge in [0.15, 0.2) is 0 Å². The van der Waals surface area contributed by atoms with Crippen molar-refractivity contribution in [3.8, 4) is 0 Å². The van der Waals surface area contributed by atoms with Gasteiger partial charge in [0.2, 0.25) is 0 Å². The Labute approximate surface area is 124 Å². The van der Waals surface area contributed by atoms with E-state index in [1.165, 1.54) is 0 Å². The summed E-state index contributed by atoms with van der Waals surface area (Å²) in [5, 5.41) is 0. The van der Waals surface area contributed by atoms with Gasteiger partial charge in [0, 0.05) is 0 Å². The fourth-order valence-corrected chi connectivity index (χ4v) is 0. The Morgan fingerprint density at radius 3 is 0.538 bits per heavy atom. The third-order valence-electron chi connectivity index (χ3n) is 0. The van der Waals surface area contributed by atoms with E-state index < -0.39 is 56.4 Å². The third-order valence-corrected chi connectivity index (χ3v) is 0. The second kappa shape index (κ2) is 19.7. The summed E-state index contributed by atoms with van der Waals surface area (Å²) < 4.78 is 77.4. The van der Waals surface area contributed by atoms with E-state index in [1.807, 2.05) is 0 Å². The van der Waals surface area contributed by atoms with Crippen LogP contribution in [0, 0.1) is 39.9 Å². The van der Waals surface area contributed by atoms with Crippen molar-refractivity contribution in [3.63, 3.8) is 0 Å². The molecule has 0 bridgehead atoms. The molecule has 0 heterocycles. The van der Waals surface area contributed by atoms with Gasteiger partial charge in [-0.25, -0.2) is 0 Å². The molecule has 0 aliphatic rings. The second-order valence-corrected chi connectivity index (χ2v) is 3.97. The molecule has 0 aliphatic heterocycles. The summed E-state index contributed by atoms with van der Waals surface area (Å²) in [6.45, 7) is 0. The zero-order valence-corrected chi connectivity index (χ0v) is 14.2. The van der Waals surface area contributed by atoms with Crippen LogP contribution in [0.1, 0.15) is 0 Å². The van der Waals surface area contributed by atoms with E-state index in [9.17, 15) is 0 Å². The van der Waals surface area contributed by atoms with Crippen LogP contribution >= 0.6 is 0 Å². The van der Waals surface area contributed by atoms with Gasteiger partial charge >= 0.3 is 127 Å². The normalized spacial score (nSPS) is 5.77. The van der Waals surface area contributed by atoms with Crippen molar-refractivity contribution in [1.82, 2.24) is 0 Å². The van der Waals surface area contributed by atoms with Gasteiger partial charge in [0.1, 0.15) is 0 Å². The quantitative estimate of drug-likeness (QED) is 0.257. The Bertz CT molecular complexity index is 208. The molecule has 0 aromatic rings. The number of rotatable bonds is 0. The molecule has 13 heavy (non-hydrogen) atoms. The monoisotopic (exact) mass is 581 g/mol. The zero-order chi connectivity index (χ0) is 10.7. The second-order valence-electron chi connectivity index (χ2n) is 0.671. The molecule has 9 nitrogen and oxygen atoms in total. The first-order valence-corrected chi connectivity index (χ1v) is 9.72. The van der Waals surface area contributed by atoms with Gasteiger partial charge in [-0.15, -0.1) is 0 Å². The molecular weight excluding hydrogens is 580 g/mol. The van der Waals surface area contributed by atoms with E-state index in [0.717, 1.165) is 0 Å². The van der Waals surface area contributed by atoms with Crippen molar-refractivity contribution in [2.24, 2.45) is 0 Å². The topological polar surface area (TPSA) is 172 Å². The summed E-state index contributed by atoms with van der Waals surface area (Å²) in [6, 6.07) is 0. The molecular formula is GdNb3O9. The van der Waals surface area contributed by atoms with Gasteiger partial charge in [0.05, 0.1) is 0 Å². The molecule has 0 spiro atoms. The molecule has 0 rings (SSSR count). The van der Waals surface area contributed by atoms with Crippen molar-refractivity contribution in [3.05, 3.63) is 0 Å². The maximum absolute atomic E-state index is 8.60. The van der Waals surface area contributed by atoms with Crippen LogP contribution < -0.4 is 10.8 Å². The van der Waals surface area contributed by atoms with Crippen LogP contribution in [0.15, 0.2) is 0 Å². The van der Waals surface area contributed by atoms with E-state index >= 15 is 0 Å². The van der Waals surface area contributed by atoms with Crippen LogP contribution in [-0.4, -0.2) is 0 Å². The van der Waals surface area contributed by atoms with Crippen LogP contribution in [-0.2, 0) is 75.9 Å². The van der Waals surface area contributed by atoms with Crippen molar-refractivity contribution in [1.29, 1.82) is 0 Å². The molecule has 0 aromatic heterocycles. The molecule has 0 saturated carbocycles. The minimum absolute atomic E-state index is 0. The Morgan fingerprint density at radius 2 is 0.538 bits per heavy atom. The van der Waals surface area contributed by atoms with Gasteiger partial charge in [-0.1, -0.05) is 0 Å². The van der Waals surface area contributed by atoms with E-state index in [2.05, 4.69) is 0 Å². The standard InChI is InChI=1S/Gd.3Nb.9O/q+3;;;;;;;;;;3*-1. The molecule has 0 atom stereocenters. The van der Waals surface area contributed by atoms with E-state index in [1.54, 1.807) is 0 Å². The van der Waals surface area contributed by atoms with E-state index in [-0.39, 0.29) is 39.9 Å².